The third-order valence-electron chi connectivity index (χ3n) is 3.30. The van der Waals surface area contributed by atoms with Gasteiger partial charge in [0.05, 0.1) is 12.6 Å². The van der Waals surface area contributed by atoms with Gasteiger partial charge >= 0.3 is 0 Å². The van der Waals surface area contributed by atoms with Crippen LogP contribution in [0.5, 0.6) is 0 Å². The Morgan fingerprint density at radius 3 is 2.76 bits per heavy atom. The van der Waals surface area contributed by atoms with Crippen LogP contribution < -0.4 is 0 Å². The van der Waals surface area contributed by atoms with Crippen LogP contribution in [0.3, 0.4) is 0 Å². The number of aliphatic hydroxyl groups is 1. The maximum absolute atomic E-state index is 9.98. The average Bonchev–Trinajstić information content (AvgIpc) is 3.12. The molecule has 0 radical (unpaired) electrons. The zero-order valence-electron chi connectivity index (χ0n) is 9.66. The van der Waals surface area contributed by atoms with Gasteiger partial charge < -0.3 is 9.67 Å². The summed E-state index contributed by atoms with van der Waals surface area (Å²) in [5.74, 6) is 1.44. The van der Waals surface area contributed by atoms with E-state index in [1.54, 1.807) is 6.20 Å². The predicted octanol–water partition coefficient (Wildman–Crippen LogP) is 2.32. The van der Waals surface area contributed by atoms with Crippen LogP contribution in [-0.2, 0) is 6.54 Å². The Hall–Kier alpha value is -1.61. The van der Waals surface area contributed by atoms with Crippen molar-refractivity contribution < 1.29 is 5.11 Å². The molecule has 1 aromatic heterocycles. The molecule has 3 nitrogen and oxygen atoms in total. The fraction of sp³-hybridized carbons (Fsp3) is 0.357. The molecule has 3 heteroatoms. The molecule has 0 spiro atoms. The number of aromatic nitrogens is 2. The second kappa shape index (κ2) is 4.34. The first-order valence-corrected chi connectivity index (χ1v) is 6.09. The van der Waals surface area contributed by atoms with Crippen molar-refractivity contribution in [3.63, 3.8) is 0 Å². The van der Waals surface area contributed by atoms with Gasteiger partial charge in [-0.2, -0.15) is 0 Å². The van der Waals surface area contributed by atoms with Crippen LogP contribution >= 0.6 is 0 Å². The highest BCUT2D eigenvalue weighted by Crippen LogP contribution is 2.33. The van der Waals surface area contributed by atoms with Crippen LogP contribution in [0.2, 0.25) is 0 Å². The molecular weight excluding hydrogens is 212 g/mol. The van der Waals surface area contributed by atoms with Gasteiger partial charge in [-0.05, 0) is 18.8 Å². The molecule has 0 saturated heterocycles. The van der Waals surface area contributed by atoms with Crippen molar-refractivity contribution in [2.45, 2.75) is 25.5 Å². The number of hydrogen-bond donors (Lipinski definition) is 1. The summed E-state index contributed by atoms with van der Waals surface area (Å²) in [6.45, 7) is 0.648. The lowest BCUT2D eigenvalue weighted by molar-refractivity contribution is 0.132. The van der Waals surface area contributed by atoms with Crippen molar-refractivity contribution in [2.75, 3.05) is 0 Å². The molecule has 1 aliphatic carbocycles. The van der Waals surface area contributed by atoms with Gasteiger partial charge in [-0.1, -0.05) is 30.3 Å². The van der Waals surface area contributed by atoms with E-state index in [0.29, 0.717) is 12.5 Å². The van der Waals surface area contributed by atoms with Crippen LogP contribution in [-0.4, -0.2) is 20.8 Å². The lowest BCUT2D eigenvalue weighted by atomic mass is 10.2. The van der Waals surface area contributed by atoms with Gasteiger partial charge in [-0.15, -0.1) is 0 Å². The molecule has 3 rings (SSSR count). The van der Waals surface area contributed by atoms with E-state index in [2.05, 4.69) is 4.98 Å². The van der Waals surface area contributed by atoms with Crippen molar-refractivity contribution >= 4 is 0 Å². The summed E-state index contributed by atoms with van der Waals surface area (Å²) >= 11 is 0. The van der Waals surface area contributed by atoms with E-state index in [4.69, 9.17) is 0 Å². The fourth-order valence-electron chi connectivity index (χ4n) is 2.14. The van der Waals surface area contributed by atoms with Gasteiger partial charge in [-0.25, -0.2) is 4.98 Å². The van der Waals surface area contributed by atoms with Gasteiger partial charge in [0.15, 0.2) is 0 Å². The van der Waals surface area contributed by atoms with Crippen LogP contribution in [0, 0.1) is 5.92 Å². The Balaban J connectivity index is 1.83. The Morgan fingerprint density at radius 1 is 1.29 bits per heavy atom. The molecule has 1 atom stereocenters. The maximum Gasteiger partial charge on any atom is 0.139 e. The molecule has 17 heavy (non-hydrogen) atoms. The monoisotopic (exact) mass is 228 g/mol. The molecule has 0 bridgehead atoms. The first-order chi connectivity index (χ1) is 8.34. The highest BCUT2D eigenvalue weighted by molar-refractivity contribution is 5.55. The van der Waals surface area contributed by atoms with Crippen molar-refractivity contribution in [3.05, 3.63) is 42.7 Å². The summed E-state index contributed by atoms with van der Waals surface area (Å²) in [6, 6.07) is 10.1. The number of benzene rings is 1. The van der Waals surface area contributed by atoms with Crippen molar-refractivity contribution in [1.29, 1.82) is 0 Å². The van der Waals surface area contributed by atoms with Crippen LogP contribution in [0.1, 0.15) is 12.8 Å². The quantitative estimate of drug-likeness (QED) is 0.872. The number of aliphatic hydroxyl groups excluding tert-OH is 1. The van der Waals surface area contributed by atoms with E-state index >= 15 is 0 Å². The number of imidazole rings is 1. The topological polar surface area (TPSA) is 38.0 Å². The zero-order chi connectivity index (χ0) is 11.7. The molecule has 1 heterocycles. The summed E-state index contributed by atoms with van der Waals surface area (Å²) in [4.78, 5) is 4.37. The molecule has 1 N–H and O–H groups in total. The molecule has 0 amide bonds. The van der Waals surface area contributed by atoms with Crippen LogP contribution in [0.25, 0.3) is 11.4 Å². The molecule has 1 aromatic carbocycles. The maximum atomic E-state index is 9.98. The van der Waals surface area contributed by atoms with Crippen LogP contribution in [0.4, 0.5) is 0 Å². The highest BCUT2D eigenvalue weighted by Gasteiger charge is 2.30. The van der Waals surface area contributed by atoms with Gasteiger partial charge in [0.25, 0.3) is 0 Å². The Kier molecular flexibility index (Phi) is 2.69. The van der Waals surface area contributed by atoms with Crippen LogP contribution in [0.15, 0.2) is 42.7 Å². The second-order valence-electron chi connectivity index (χ2n) is 4.67. The number of nitrogens with zero attached hydrogens (tertiary/aromatic N) is 2. The van der Waals surface area contributed by atoms with E-state index in [0.717, 1.165) is 24.2 Å². The third-order valence-corrected chi connectivity index (χ3v) is 3.30. The second-order valence-corrected chi connectivity index (χ2v) is 4.67. The zero-order valence-corrected chi connectivity index (χ0v) is 9.66. The van der Waals surface area contributed by atoms with E-state index < -0.39 is 0 Å². The minimum atomic E-state index is -0.230. The molecule has 1 fully saturated rings. The molecule has 88 valence electrons. The van der Waals surface area contributed by atoms with Gasteiger partial charge in [0, 0.05) is 18.0 Å². The van der Waals surface area contributed by atoms with Gasteiger partial charge in [0.1, 0.15) is 5.82 Å². The summed E-state index contributed by atoms with van der Waals surface area (Å²) < 4.78 is 2.04. The lowest BCUT2D eigenvalue weighted by Crippen LogP contribution is -2.18. The first-order valence-electron chi connectivity index (χ1n) is 6.09. The molecule has 2 aromatic rings. The molecule has 1 aliphatic rings. The minimum absolute atomic E-state index is 0.230. The smallest absolute Gasteiger partial charge is 0.139 e. The summed E-state index contributed by atoms with van der Waals surface area (Å²) in [5, 5.41) is 9.98. The summed E-state index contributed by atoms with van der Waals surface area (Å²) in [5.41, 5.74) is 1.10. The lowest BCUT2D eigenvalue weighted by Gasteiger charge is -2.12. The van der Waals surface area contributed by atoms with E-state index in [-0.39, 0.29) is 6.10 Å². The number of rotatable bonds is 4. The van der Waals surface area contributed by atoms with E-state index in [1.807, 2.05) is 41.1 Å². The summed E-state index contributed by atoms with van der Waals surface area (Å²) in [6.07, 6.45) is 5.83. The molecule has 0 aliphatic heterocycles. The third kappa shape index (κ3) is 2.24. The predicted molar refractivity (Wildman–Crippen MR) is 66.4 cm³/mol. The van der Waals surface area contributed by atoms with Crippen molar-refractivity contribution in [3.8, 4) is 11.4 Å². The average molecular weight is 228 g/mol. The Bertz CT molecular complexity index is 488. The first kappa shape index (κ1) is 10.5. The fourth-order valence-corrected chi connectivity index (χ4v) is 2.14. The van der Waals surface area contributed by atoms with E-state index in [1.165, 1.54) is 0 Å². The molecule has 1 saturated carbocycles. The van der Waals surface area contributed by atoms with Gasteiger partial charge in [0.2, 0.25) is 0 Å². The van der Waals surface area contributed by atoms with E-state index in [9.17, 15) is 5.11 Å². The van der Waals surface area contributed by atoms with Gasteiger partial charge in [-0.3, -0.25) is 0 Å². The summed E-state index contributed by atoms with van der Waals surface area (Å²) in [7, 11) is 0. The molecular formula is C14H16N2O. The Labute approximate surface area is 101 Å². The minimum Gasteiger partial charge on any atom is -0.391 e. The normalized spacial score (nSPS) is 17.0. The highest BCUT2D eigenvalue weighted by atomic mass is 16.3. The van der Waals surface area contributed by atoms with Crippen molar-refractivity contribution in [1.82, 2.24) is 9.55 Å². The number of hydrogen-bond acceptors (Lipinski definition) is 2. The van der Waals surface area contributed by atoms with Crippen molar-refractivity contribution in [2.24, 2.45) is 5.92 Å². The Morgan fingerprint density at radius 2 is 2.06 bits per heavy atom. The molecule has 1 unspecified atom stereocenters. The largest absolute Gasteiger partial charge is 0.391 e. The SMILES string of the molecule is OC(Cn1ccnc1-c1ccccc1)C1CC1. The standard InChI is InChI=1S/C14H16N2O/c17-13(11-6-7-11)10-16-9-8-15-14(16)12-4-2-1-3-5-12/h1-5,8-9,11,13,17H,6-7,10H2.